The summed E-state index contributed by atoms with van der Waals surface area (Å²) in [5.41, 5.74) is -2.36. The first-order chi connectivity index (χ1) is 13.6. The van der Waals surface area contributed by atoms with Gasteiger partial charge in [0.05, 0.1) is 16.8 Å². The second kappa shape index (κ2) is 7.64. The molecule has 0 saturated heterocycles. The van der Waals surface area contributed by atoms with E-state index in [4.69, 9.17) is 4.74 Å². The Labute approximate surface area is 161 Å². The molecule has 0 aliphatic heterocycles. The van der Waals surface area contributed by atoms with Gasteiger partial charge >= 0.3 is 11.9 Å². The molecule has 1 heterocycles. The molecule has 0 saturated carbocycles. The van der Waals surface area contributed by atoms with E-state index in [0.29, 0.717) is 10.2 Å². The van der Waals surface area contributed by atoms with Crippen LogP contribution in [0.5, 0.6) is 5.75 Å². The third kappa shape index (κ3) is 4.13. The van der Waals surface area contributed by atoms with Crippen molar-refractivity contribution in [3.63, 3.8) is 0 Å². The Morgan fingerprint density at radius 1 is 1.14 bits per heavy atom. The lowest BCUT2D eigenvalue weighted by atomic mass is 10.1. The van der Waals surface area contributed by atoms with E-state index in [0.717, 1.165) is 16.8 Å². The molecular formula is C18H15F5N4O2. The van der Waals surface area contributed by atoms with E-state index in [1.165, 1.54) is 31.3 Å². The summed E-state index contributed by atoms with van der Waals surface area (Å²) in [4.78, 5) is 12.1. The molecule has 0 unspecified atom stereocenters. The third-order valence-corrected chi connectivity index (χ3v) is 4.18. The molecule has 0 N–H and O–H groups in total. The first-order valence-electron chi connectivity index (χ1n) is 8.29. The molecule has 3 aromatic rings. The maximum atomic E-state index is 13.5. The fraction of sp³-hybridized carbons (Fsp3) is 0.278. The minimum Gasteiger partial charge on any atom is -0.488 e. The summed E-state index contributed by atoms with van der Waals surface area (Å²) in [5, 5.41) is 7.04. The van der Waals surface area contributed by atoms with Gasteiger partial charge in [-0.2, -0.15) is 22.5 Å². The number of halogens is 5. The van der Waals surface area contributed by atoms with Crippen LogP contribution in [0.3, 0.4) is 0 Å². The Morgan fingerprint density at radius 2 is 1.86 bits per heavy atom. The van der Waals surface area contributed by atoms with Crippen molar-refractivity contribution >= 4 is 0 Å². The molecule has 0 radical (unpaired) electrons. The highest BCUT2D eigenvalue weighted by Crippen LogP contribution is 2.36. The fourth-order valence-electron chi connectivity index (χ4n) is 2.77. The minimum atomic E-state index is -4.76. The number of ether oxygens (including phenoxy) is 1. The summed E-state index contributed by atoms with van der Waals surface area (Å²) in [6.07, 6.45) is -7.64. The summed E-state index contributed by atoms with van der Waals surface area (Å²) >= 11 is 0. The van der Waals surface area contributed by atoms with Crippen LogP contribution in [0.1, 0.15) is 28.7 Å². The molecule has 0 atom stereocenters. The van der Waals surface area contributed by atoms with E-state index >= 15 is 0 Å². The van der Waals surface area contributed by atoms with Gasteiger partial charge in [-0.25, -0.2) is 13.6 Å². The quantitative estimate of drug-likeness (QED) is 0.596. The monoisotopic (exact) mass is 414 g/mol. The van der Waals surface area contributed by atoms with E-state index in [2.05, 4.69) is 10.4 Å². The summed E-state index contributed by atoms with van der Waals surface area (Å²) in [7, 11) is 1.29. The maximum Gasteiger partial charge on any atom is 0.416 e. The topological polar surface area (TPSA) is 61.9 Å². The van der Waals surface area contributed by atoms with Gasteiger partial charge < -0.3 is 4.74 Å². The van der Waals surface area contributed by atoms with Crippen LogP contribution in [0.2, 0.25) is 0 Å². The van der Waals surface area contributed by atoms with E-state index < -0.39 is 41.6 Å². The van der Waals surface area contributed by atoms with Crippen molar-refractivity contribution in [2.45, 2.75) is 26.1 Å². The molecule has 11 heteroatoms. The second-order valence-electron chi connectivity index (χ2n) is 6.23. The number of rotatable bonds is 5. The first kappa shape index (κ1) is 20.5. The van der Waals surface area contributed by atoms with Gasteiger partial charge in [-0.1, -0.05) is 17.7 Å². The number of aromatic nitrogens is 4. The highest BCUT2D eigenvalue weighted by Gasteiger charge is 2.35. The van der Waals surface area contributed by atoms with Gasteiger partial charge in [-0.3, -0.25) is 0 Å². The molecule has 0 fully saturated rings. The number of hydrogen-bond donors (Lipinski definition) is 0. The predicted molar refractivity (Wildman–Crippen MR) is 92.1 cm³/mol. The van der Waals surface area contributed by atoms with Crippen molar-refractivity contribution in [3.05, 3.63) is 69.1 Å². The molecule has 1 aromatic heterocycles. The first-order valence-corrected chi connectivity index (χ1v) is 8.29. The van der Waals surface area contributed by atoms with Crippen molar-refractivity contribution in [1.82, 2.24) is 19.8 Å². The lowest BCUT2D eigenvalue weighted by molar-refractivity contribution is -0.138. The number of benzene rings is 2. The van der Waals surface area contributed by atoms with Crippen molar-refractivity contribution < 1.29 is 26.7 Å². The molecule has 2 aromatic carbocycles. The lowest BCUT2D eigenvalue weighted by Gasteiger charge is -2.18. The summed E-state index contributed by atoms with van der Waals surface area (Å²) in [6, 6.07) is 7.13. The lowest BCUT2D eigenvalue weighted by Crippen LogP contribution is -2.24. The molecule has 0 amide bonds. The zero-order chi connectivity index (χ0) is 21.3. The highest BCUT2D eigenvalue weighted by atomic mass is 19.4. The van der Waals surface area contributed by atoms with Crippen LogP contribution < -0.4 is 10.4 Å². The summed E-state index contributed by atoms with van der Waals surface area (Å²) < 4.78 is 74.0. The van der Waals surface area contributed by atoms with Crippen LogP contribution in [0.4, 0.5) is 22.0 Å². The number of aryl methyl sites for hydroxylation is 2. The second-order valence-corrected chi connectivity index (χ2v) is 6.23. The average molecular weight is 414 g/mol. The van der Waals surface area contributed by atoms with E-state index in [9.17, 15) is 26.7 Å². The van der Waals surface area contributed by atoms with Crippen LogP contribution in [-0.4, -0.2) is 19.8 Å². The van der Waals surface area contributed by atoms with Crippen LogP contribution in [0.25, 0.3) is 5.69 Å². The van der Waals surface area contributed by atoms with Crippen LogP contribution >= 0.6 is 0 Å². The molecule has 0 aliphatic carbocycles. The smallest absolute Gasteiger partial charge is 0.416 e. The number of nitrogens with zero attached hydrogens (tertiary/aromatic N) is 4. The standard InChI is InChI=1S/C18H15F5N4O2/c1-10-6-7-15(11(8-10)16(19)20)29-9-12-13(18(21,22)23)4-3-5-14(12)27-17(28)26(2)24-25-27/h3-8,16H,9H2,1-2H3. The van der Waals surface area contributed by atoms with Gasteiger partial charge in [0.1, 0.15) is 12.4 Å². The highest BCUT2D eigenvalue weighted by molar-refractivity contribution is 5.47. The predicted octanol–water partition coefficient (Wildman–Crippen LogP) is 3.81. The number of alkyl halides is 5. The number of tetrazole rings is 1. The Hall–Kier alpha value is -3.24. The zero-order valence-corrected chi connectivity index (χ0v) is 15.2. The normalized spacial score (nSPS) is 11.9. The molecule has 0 aliphatic rings. The third-order valence-electron chi connectivity index (χ3n) is 4.18. The van der Waals surface area contributed by atoms with Crippen LogP contribution in [0.15, 0.2) is 41.2 Å². The van der Waals surface area contributed by atoms with E-state index in [1.54, 1.807) is 6.92 Å². The Kier molecular flexibility index (Phi) is 5.40. The summed E-state index contributed by atoms with van der Waals surface area (Å²) in [6.45, 7) is 0.893. The molecule has 3 rings (SSSR count). The van der Waals surface area contributed by atoms with Crippen molar-refractivity contribution in [3.8, 4) is 11.4 Å². The Bertz CT molecular complexity index is 1090. The maximum absolute atomic E-state index is 13.5. The van der Waals surface area contributed by atoms with Gasteiger partial charge in [0.25, 0.3) is 6.43 Å². The SMILES string of the molecule is Cc1ccc(OCc2c(-n3nnn(C)c3=O)cccc2C(F)(F)F)c(C(F)F)c1. The van der Waals surface area contributed by atoms with E-state index in [1.807, 2.05) is 0 Å². The molecule has 29 heavy (non-hydrogen) atoms. The van der Waals surface area contributed by atoms with Gasteiger partial charge in [-0.15, -0.1) is 0 Å². The van der Waals surface area contributed by atoms with Crippen molar-refractivity contribution in [1.29, 1.82) is 0 Å². The molecule has 0 bridgehead atoms. The van der Waals surface area contributed by atoms with E-state index in [-0.39, 0.29) is 11.4 Å². The van der Waals surface area contributed by atoms with Crippen molar-refractivity contribution in [2.75, 3.05) is 0 Å². The molecule has 154 valence electrons. The van der Waals surface area contributed by atoms with Gasteiger partial charge in [0.15, 0.2) is 0 Å². The fourth-order valence-corrected chi connectivity index (χ4v) is 2.77. The number of hydrogen-bond acceptors (Lipinski definition) is 4. The van der Waals surface area contributed by atoms with Crippen molar-refractivity contribution in [2.24, 2.45) is 7.05 Å². The molecule has 6 nitrogen and oxygen atoms in total. The van der Waals surface area contributed by atoms with Crippen LogP contribution in [0, 0.1) is 6.92 Å². The van der Waals surface area contributed by atoms with Gasteiger partial charge in [0, 0.05) is 12.6 Å². The van der Waals surface area contributed by atoms with Crippen LogP contribution in [-0.2, 0) is 19.8 Å². The minimum absolute atomic E-state index is 0.205. The summed E-state index contributed by atoms with van der Waals surface area (Å²) in [5.74, 6) is -0.250. The molecular weight excluding hydrogens is 399 g/mol. The Morgan fingerprint density at radius 3 is 2.45 bits per heavy atom. The largest absolute Gasteiger partial charge is 0.488 e. The average Bonchev–Trinajstić information content (AvgIpc) is 2.98. The Balaban J connectivity index is 2.09. The van der Waals surface area contributed by atoms with Gasteiger partial charge in [-0.05, 0) is 41.6 Å². The zero-order valence-electron chi connectivity index (χ0n) is 15.2. The van der Waals surface area contributed by atoms with Gasteiger partial charge in [0.2, 0.25) is 0 Å². The molecule has 0 spiro atoms.